The molecule has 37 heavy (non-hydrogen) atoms. The molecule has 1 aromatic rings. The number of aliphatic hydroxyl groups excluding tert-OH is 1. The Bertz CT molecular complexity index is 1050. The number of para-hydroxylation sites is 1. The highest BCUT2D eigenvalue weighted by atomic mass is 32.2. The molecule has 3 fully saturated rings. The zero-order chi connectivity index (χ0) is 26.9. The van der Waals surface area contributed by atoms with Gasteiger partial charge < -0.3 is 19.8 Å². The van der Waals surface area contributed by atoms with Gasteiger partial charge in [-0.2, -0.15) is 0 Å². The van der Waals surface area contributed by atoms with Gasteiger partial charge in [0, 0.05) is 43.2 Å². The number of thioether (sulfide) groups is 1. The van der Waals surface area contributed by atoms with Crippen LogP contribution in [-0.4, -0.2) is 80.9 Å². The lowest BCUT2D eigenvalue weighted by atomic mass is 9.65. The van der Waals surface area contributed by atoms with E-state index in [4.69, 9.17) is 0 Å². The molecule has 4 rings (SSSR count). The maximum atomic E-state index is 14.2. The first-order valence-corrected chi connectivity index (χ1v) is 14.1. The van der Waals surface area contributed by atoms with Gasteiger partial charge in [0.05, 0.1) is 16.6 Å². The number of carbonyl (C=O) groups excluding carboxylic acids is 3. The number of fused-ring (bicyclic) bond motifs is 1. The van der Waals surface area contributed by atoms with Crippen LogP contribution in [-0.2, 0) is 14.4 Å². The number of anilines is 1. The third kappa shape index (κ3) is 4.42. The zero-order valence-electron chi connectivity index (χ0n) is 22.1. The summed E-state index contributed by atoms with van der Waals surface area (Å²) < 4.78 is -0.681. The Morgan fingerprint density at radius 2 is 1.86 bits per heavy atom. The summed E-state index contributed by atoms with van der Waals surface area (Å²) in [7, 11) is 0. The van der Waals surface area contributed by atoms with Crippen LogP contribution in [0.3, 0.4) is 0 Å². The van der Waals surface area contributed by atoms with Crippen molar-refractivity contribution in [2.75, 3.05) is 31.1 Å². The molecule has 1 N–H and O–H groups in total. The number of nitrogens with zero attached hydrogens (tertiary/aromatic N) is 3. The second-order valence-corrected chi connectivity index (χ2v) is 12.2. The third-order valence-electron chi connectivity index (χ3n) is 8.20. The second kappa shape index (κ2) is 11.0. The van der Waals surface area contributed by atoms with Gasteiger partial charge in [0.1, 0.15) is 6.04 Å². The van der Waals surface area contributed by atoms with Crippen molar-refractivity contribution in [2.45, 2.75) is 55.7 Å². The summed E-state index contributed by atoms with van der Waals surface area (Å²) in [5.74, 6) is -1.33. The van der Waals surface area contributed by atoms with E-state index in [1.807, 2.05) is 44.2 Å². The monoisotopic (exact) mass is 525 g/mol. The Morgan fingerprint density at radius 3 is 2.46 bits per heavy atom. The van der Waals surface area contributed by atoms with Gasteiger partial charge in [0.25, 0.3) is 0 Å². The molecule has 0 aromatic heterocycles. The van der Waals surface area contributed by atoms with Gasteiger partial charge in [-0.05, 0) is 44.7 Å². The van der Waals surface area contributed by atoms with Gasteiger partial charge in [0.15, 0.2) is 0 Å². The van der Waals surface area contributed by atoms with Crippen LogP contribution in [0, 0.1) is 17.8 Å². The predicted octanol–water partition coefficient (Wildman–Crippen LogP) is 3.35. The van der Waals surface area contributed by atoms with Crippen LogP contribution in [0.4, 0.5) is 5.69 Å². The van der Waals surface area contributed by atoms with Crippen molar-refractivity contribution in [1.82, 2.24) is 9.80 Å². The Morgan fingerprint density at radius 1 is 1.19 bits per heavy atom. The molecular weight excluding hydrogens is 486 g/mol. The van der Waals surface area contributed by atoms with Crippen molar-refractivity contribution in [3.63, 3.8) is 0 Å². The number of amides is 3. The van der Waals surface area contributed by atoms with Crippen molar-refractivity contribution in [3.05, 3.63) is 55.6 Å². The van der Waals surface area contributed by atoms with E-state index in [0.29, 0.717) is 19.5 Å². The van der Waals surface area contributed by atoms with Crippen molar-refractivity contribution < 1.29 is 19.5 Å². The van der Waals surface area contributed by atoms with Crippen LogP contribution in [0.5, 0.6) is 0 Å². The molecule has 6 atom stereocenters. The first-order chi connectivity index (χ1) is 17.7. The second-order valence-electron chi connectivity index (χ2n) is 10.6. The van der Waals surface area contributed by atoms with Gasteiger partial charge in [-0.3, -0.25) is 14.4 Å². The van der Waals surface area contributed by atoms with E-state index < -0.39 is 22.6 Å². The summed E-state index contributed by atoms with van der Waals surface area (Å²) in [4.78, 5) is 47.7. The molecule has 7 nitrogen and oxygen atoms in total. The summed E-state index contributed by atoms with van der Waals surface area (Å²) in [6.45, 7) is 14.7. The van der Waals surface area contributed by atoms with Crippen LogP contribution >= 0.6 is 11.8 Å². The van der Waals surface area contributed by atoms with E-state index in [1.54, 1.807) is 38.6 Å². The molecule has 1 aromatic carbocycles. The lowest BCUT2D eigenvalue weighted by Crippen LogP contribution is -2.58. The van der Waals surface area contributed by atoms with Crippen molar-refractivity contribution in [2.24, 2.45) is 17.8 Å². The lowest BCUT2D eigenvalue weighted by molar-refractivity contribution is -0.143. The van der Waals surface area contributed by atoms with E-state index >= 15 is 0 Å². The number of hydrogen-bond donors (Lipinski definition) is 1. The van der Waals surface area contributed by atoms with E-state index in [2.05, 4.69) is 20.1 Å². The average Bonchev–Trinajstić information content (AvgIpc) is 3.47. The molecule has 3 saturated heterocycles. The van der Waals surface area contributed by atoms with E-state index in [9.17, 15) is 19.5 Å². The molecule has 8 heteroatoms. The summed E-state index contributed by atoms with van der Waals surface area (Å²) in [5, 5.41) is 9.55. The first kappa shape index (κ1) is 27.5. The number of hydrogen-bond acceptors (Lipinski definition) is 5. The van der Waals surface area contributed by atoms with Gasteiger partial charge in [-0.15, -0.1) is 24.9 Å². The Balaban J connectivity index is 1.78. The minimum atomic E-state index is -0.681. The zero-order valence-corrected chi connectivity index (χ0v) is 22.9. The maximum absolute atomic E-state index is 14.2. The molecule has 3 aliphatic rings. The molecule has 0 radical (unpaired) electrons. The van der Waals surface area contributed by atoms with Crippen molar-refractivity contribution in [3.8, 4) is 0 Å². The van der Waals surface area contributed by atoms with Crippen LogP contribution in [0.2, 0.25) is 0 Å². The summed E-state index contributed by atoms with van der Waals surface area (Å²) in [6.07, 6.45) is 4.58. The van der Waals surface area contributed by atoms with Crippen molar-refractivity contribution >= 4 is 35.2 Å². The van der Waals surface area contributed by atoms with Crippen LogP contribution in [0.15, 0.2) is 55.6 Å². The minimum Gasteiger partial charge on any atom is -0.396 e. The highest BCUT2D eigenvalue weighted by Crippen LogP contribution is 2.69. The molecule has 0 saturated carbocycles. The quantitative estimate of drug-likeness (QED) is 0.448. The average molecular weight is 526 g/mol. The fourth-order valence-electron chi connectivity index (χ4n) is 6.65. The minimum absolute atomic E-state index is 0.0327. The van der Waals surface area contributed by atoms with Crippen molar-refractivity contribution in [1.29, 1.82) is 0 Å². The largest absolute Gasteiger partial charge is 0.396 e. The highest BCUT2D eigenvalue weighted by Gasteiger charge is 2.76. The summed E-state index contributed by atoms with van der Waals surface area (Å²) in [6, 6.07) is 8.75. The molecule has 3 aliphatic heterocycles. The summed E-state index contributed by atoms with van der Waals surface area (Å²) >= 11 is 1.68. The maximum Gasteiger partial charge on any atom is 0.247 e. The molecule has 3 amide bonds. The lowest BCUT2D eigenvalue weighted by Gasteiger charge is -2.41. The molecule has 2 bridgehead atoms. The number of aliphatic hydroxyl groups is 1. The molecule has 0 aliphatic carbocycles. The Kier molecular flexibility index (Phi) is 8.19. The number of benzene rings is 1. The van der Waals surface area contributed by atoms with Crippen LogP contribution in [0.25, 0.3) is 0 Å². The van der Waals surface area contributed by atoms with Gasteiger partial charge >= 0.3 is 0 Å². The molecule has 3 unspecified atom stereocenters. The van der Waals surface area contributed by atoms with Gasteiger partial charge in [-0.25, -0.2) is 0 Å². The topological polar surface area (TPSA) is 81.2 Å². The number of carbonyl (C=O) groups is 3. The van der Waals surface area contributed by atoms with E-state index in [0.717, 1.165) is 12.1 Å². The predicted molar refractivity (Wildman–Crippen MR) is 148 cm³/mol. The van der Waals surface area contributed by atoms with Gasteiger partial charge in [0.2, 0.25) is 17.7 Å². The van der Waals surface area contributed by atoms with Crippen LogP contribution < -0.4 is 4.90 Å². The fraction of sp³-hybridized carbons (Fsp3) is 0.552. The van der Waals surface area contributed by atoms with Crippen LogP contribution in [0.1, 0.15) is 33.6 Å². The standard InChI is InChI=1S/C29H39N3O4S/c1-6-14-30(19(3)4)28(36)25-29-20(5)18-22(37-29)23(24(29)27(35)32(25)16-11-17-33)26(34)31(15-7-2)21-12-9-8-10-13-21/h6-10,12-13,19-20,22-25,33H,1-2,11,14-18H2,3-5H3/t20?,22-,23+,24+,25?,29?/m1/s1. The molecule has 1 spiro atoms. The first-order valence-electron chi connectivity index (χ1n) is 13.2. The van der Waals surface area contributed by atoms with E-state index in [-0.39, 0.29) is 48.1 Å². The van der Waals surface area contributed by atoms with E-state index in [1.165, 1.54) is 0 Å². The molecule has 3 heterocycles. The normalized spacial score (nSPS) is 29.9. The number of likely N-dealkylation sites (tertiary alicyclic amines) is 1. The Labute approximate surface area is 224 Å². The SMILES string of the molecule is C=CCN(C(=O)[C@@H]1[C@H]2C(=O)N(CCCO)C(C(=O)N(CC=C)C(C)C)C23S[C@@H]1CC3C)c1ccccc1. The smallest absolute Gasteiger partial charge is 0.247 e. The number of rotatable bonds is 11. The third-order valence-corrected chi connectivity index (χ3v) is 10.3. The van der Waals surface area contributed by atoms with Gasteiger partial charge in [-0.1, -0.05) is 37.3 Å². The molecule has 200 valence electrons. The fourth-order valence-corrected chi connectivity index (χ4v) is 9.06. The Hall–Kier alpha value is -2.58. The highest BCUT2D eigenvalue weighted by molar-refractivity contribution is 8.02. The summed E-state index contributed by atoms with van der Waals surface area (Å²) in [5.41, 5.74) is 0.773. The molecular formula is C29H39N3O4S.